The van der Waals surface area contributed by atoms with Crippen LogP contribution in [-0.4, -0.2) is 34.6 Å². The molecule has 1 fully saturated rings. The van der Waals surface area contributed by atoms with Crippen LogP contribution in [0, 0.1) is 17.7 Å². The van der Waals surface area contributed by atoms with Crippen LogP contribution in [0.25, 0.3) is 5.69 Å². The number of ether oxygens (including phenoxy) is 1. The third-order valence-electron chi connectivity index (χ3n) is 7.42. The van der Waals surface area contributed by atoms with Gasteiger partial charge in [-0.3, -0.25) is 4.79 Å². The Bertz CT molecular complexity index is 1210. The molecule has 0 bridgehead atoms. The van der Waals surface area contributed by atoms with Crippen LogP contribution in [0.5, 0.6) is 0 Å². The lowest BCUT2D eigenvalue weighted by Crippen LogP contribution is -2.44. The van der Waals surface area contributed by atoms with Gasteiger partial charge in [-0.05, 0) is 80.0 Å². The van der Waals surface area contributed by atoms with E-state index in [0.29, 0.717) is 25.6 Å². The SMILES string of the molecule is CCOC(=O)C1CCC(CNC(=O)N2Cc3ccccc3-n3cccc3C2c2ccc(F)cc2)CC1. The molecule has 2 amide bonds. The van der Waals surface area contributed by atoms with Crippen LogP contribution in [0.4, 0.5) is 9.18 Å². The summed E-state index contributed by atoms with van der Waals surface area (Å²) in [6.07, 6.45) is 5.37. The highest BCUT2D eigenvalue weighted by Gasteiger charge is 2.34. The van der Waals surface area contributed by atoms with Crippen molar-refractivity contribution in [3.8, 4) is 5.69 Å². The number of amides is 2. The Labute approximate surface area is 211 Å². The molecule has 2 heterocycles. The second kappa shape index (κ2) is 10.6. The van der Waals surface area contributed by atoms with Crippen molar-refractivity contribution in [2.45, 2.75) is 45.2 Å². The maximum atomic E-state index is 13.8. The molecule has 2 aromatic carbocycles. The molecule has 2 aliphatic rings. The molecule has 188 valence electrons. The highest BCUT2D eigenvalue weighted by atomic mass is 19.1. The largest absolute Gasteiger partial charge is 0.466 e. The number of nitrogens with zero attached hydrogens (tertiary/aromatic N) is 2. The van der Waals surface area contributed by atoms with E-state index in [9.17, 15) is 14.0 Å². The fourth-order valence-electron chi connectivity index (χ4n) is 5.53. The molecule has 1 atom stereocenters. The highest BCUT2D eigenvalue weighted by molar-refractivity contribution is 5.76. The van der Waals surface area contributed by atoms with Crippen molar-refractivity contribution < 1.29 is 18.7 Å². The zero-order valence-corrected chi connectivity index (χ0v) is 20.5. The number of benzene rings is 2. The maximum absolute atomic E-state index is 13.8. The van der Waals surface area contributed by atoms with Gasteiger partial charge < -0.3 is 19.5 Å². The molecule has 1 aromatic heterocycles. The number of aromatic nitrogens is 1. The van der Waals surface area contributed by atoms with Crippen LogP contribution in [0.3, 0.4) is 0 Å². The first kappa shape index (κ1) is 24.1. The average molecular weight is 490 g/mol. The standard InChI is InChI=1S/C29H32FN3O3/c1-2-36-28(34)22-11-9-20(10-12-22)18-31-29(35)33-19-23-6-3-4-7-25(23)32-17-5-8-26(32)27(33)21-13-15-24(30)16-14-21/h3-8,13-17,20,22,27H,2,9-12,18-19H2,1H3,(H,31,35). The van der Waals surface area contributed by atoms with Gasteiger partial charge >= 0.3 is 12.0 Å². The van der Waals surface area contributed by atoms with E-state index in [1.54, 1.807) is 12.1 Å². The van der Waals surface area contributed by atoms with Gasteiger partial charge in [-0.1, -0.05) is 30.3 Å². The quantitative estimate of drug-likeness (QED) is 0.475. The third-order valence-corrected chi connectivity index (χ3v) is 7.42. The predicted molar refractivity (Wildman–Crippen MR) is 135 cm³/mol. The number of halogens is 1. The zero-order chi connectivity index (χ0) is 25.1. The topological polar surface area (TPSA) is 63.6 Å². The van der Waals surface area contributed by atoms with Crippen LogP contribution in [-0.2, 0) is 16.1 Å². The molecule has 3 aromatic rings. The van der Waals surface area contributed by atoms with E-state index in [2.05, 4.69) is 16.0 Å². The molecule has 0 radical (unpaired) electrons. The van der Waals surface area contributed by atoms with Crippen molar-refractivity contribution in [3.63, 3.8) is 0 Å². The van der Waals surface area contributed by atoms with Gasteiger partial charge in [0.2, 0.25) is 0 Å². The van der Waals surface area contributed by atoms with Gasteiger partial charge in [0.25, 0.3) is 0 Å². The summed E-state index contributed by atoms with van der Waals surface area (Å²) in [6.45, 7) is 3.23. The Kier molecular flexibility index (Phi) is 7.07. The fourth-order valence-corrected chi connectivity index (χ4v) is 5.53. The number of urea groups is 1. The lowest BCUT2D eigenvalue weighted by atomic mass is 9.82. The van der Waals surface area contributed by atoms with Crippen molar-refractivity contribution in [3.05, 3.63) is 89.5 Å². The summed E-state index contributed by atoms with van der Waals surface area (Å²) in [5.74, 6) is -0.115. The third kappa shape index (κ3) is 4.87. The van der Waals surface area contributed by atoms with Crippen molar-refractivity contribution in [1.82, 2.24) is 14.8 Å². The molecular formula is C29H32FN3O3. The number of nitrogens with one attached hydrogen (secondary N) is 1. The minimum atomic E-state index is -0.368. The first-order valence-corrected chi connectivity index (χ1v) is 12.8. The van der Waals surface area contributed by atoms with Gasteiger partial charge in [-0.2, -0.15) is 0 Å². The Morgan fingerprint density at radius 3 is 2.50 bits per heavy atom. The van der Waals surface area contributed by atoms with Gasteiger partial charge in [0.1, 0.15) is 5.82 Å². The first-order chi connectivity index (χ1) is 17.5. The van der Waals surface area contributed by atoms with E-state index in [1.807, 2.05) is 48.4 Å². The molecule has 1 aliphatic carbocycles. The molecule has 1 aliphatic heterocycles. The van der Waals surface area contributed by atoms with E-state index >= 15 is 0 Å². The smallest absolute Gasteiger partial charge is 0.318 e. The maximum Gasteiger partial charge on any atom is 0.318 e. The van der Waals surface area contributed by atoms with Crippen LogP contribution < -0.4 is 5.32 Å². The average Bonchev–Trinajstić information content (AvgIpc) is 3.33. The van der Waals surface area contributed by atoms with Crippen molar-refractivity contribution >= 4 is 12.0 Å². The van der Waals surface area contributed by atoms with Crippen LogP contribution in [0.2, 0.25) is 0 Å². The lowest BCUT2D eigenvalue weighted by Gasteiger charge is -2.32. The minimum absolute atomic E-state index is 0.0327. The molecule has 5 rings (SSSR count). The Balaban J connectivity index is 1.36. The van der Waals surface area contributed by atoms with Gasteiger partial charge in [-0.15, -0.1) is 0 Å². The summed E-state index contributed by atoms with van der Waals surface area (Å²) in [5.41, 5.74) is 3.90. The molecular weight excluding hydrogens is 457 g/mol. The number of esters is 1. The number of hydrogen-bond donors (Lipinski definition) is 1. The monoisotopic (exact) mass is 489 g/mol. The van der Waals surface area contributed by atoms with E-state index in [0.717, 1.165) is 48.2 Å². The molecule has 0 spiro atoms. The number of hydrogen-bond acceptors (Lipinski definition) is 3. The summed E-state index contributed by atoms with van der Waals surface area (Å²) < 4.78 is 21.1. The van der Waals surface area contributed by atoms with E-state index < -0.39 is 0 Å². The van der Waals surface area contributed by atoms with Gasteiger partial charge in [0, 0.05) is 18.4 Å². The number of para-hydroxylation sites is 1. The van der Waals surface area contributed by atoms with Gasteiger partial charge in [0.05, 0.1) is 30.8 Å². The lowest BCUT2D eigenvalue weighted by molar-refractivity contribution is -0.149. The number of rotatable bonds is 5. The molecule has 6 nitrogen and oxygen atoms in total. The summed E-state index contributed by atoms with van der Waals surface area (Å²) in [5, 5.41) is 3.17. The van der Waals surface area contributed by atoms with E-state index in [4.69, 9.17) is 4.74 Å². The molecule has 0 saturated heterocycles. The van der Waals surface area contributed by atoms with E-state index in [1.165, 1.54) is 12.1 Å². The summed E-state index contributed by atoms with van der Waals surface area (Å²) >= 11 is 0. The van der Waals surface area contributed by atoms with Crippen LogP contribution in [0.15, 0.2) is 66.9 Å². The highest BCUT2D eigenvalue weighted by Crippen LogP contribution is 2.37. The molecule has 7 heteroatoms. The van der Waals surface area contributed by atoms with Crippen molar-refractivity contribution in [2.24, 2.45) is 11.8 Å². The number of fused-ring (bicyclic) bond motifs is 3. The molecule has 1 saturated carbocycles. The fraction of sp³-hybridized carbons (Fsp3) is 0.379. The Hall–Kier alpha value is -3.61. The van der Waals surface area contributed by atoms with Crippen LogP contribution in [0.1, 0.15) is 55.5 Å². The second-order valence-electron chi connectivity index (χ2n) is 9.67. The Morgan fingerprint density at radius 2 is 1.75 bits per heavy atom. The molecule has 36 heavy (non-hydrogen) atoms. The normalized spacial score (nSPS) is 21.2. The summed E-state index contributed by atoms with van der Waals surface area (Å²) in [6, 6.07) is 18.0. The summed E-state index contributed by atoms with van der Waals surface area (Å²) in [7, 11) is 0. The van der Waals surface area contributed by atoms with Crippen molar-refractivity contribution in [1.29, 1.82) is 0 Å². The van der Waals surface area contributed by atoms with E-state index in [-0.39, 0.29) is 29.8 Å². The predicted octanol–water partition coefficient (Wildman–Crippen LogP) is 5.60. The number of carbonyl (C=O) groups excluding carboxylic acids is 2. The Morgan fingerprint density at radius 1 is 1.00 bits per heavy atom. The molecule has 1 unspecified atom stereocenters. The zero-order valence-electron chi connectivity index (χ0n) is 20.5. The van der Waals surface area contributed by atoms with Crippen LogP contribution >= 0.6 is 0 Å². The second-order valence-corrected chi connectivity index (χ2v) is 9.67. The first-order valence-electron chi connectivity index (χ1n) is 12.8. The van der Waals surface area contributed by atoms with Gasteiger partial charge in [-0.25, -0.2) is 9.18 Å². The summed E-state index contributed by atoms with van der Waals surface area (Å²) in [4.78, 5) is 27.6. The minimum Gasteiger partial charge on any atom is -0.466 e. The molecule has 1 N–H and O–H groups in total. The van der Waals surface area contributed by atoms with Crippen molar-refractivity contribution in [2.75, 3.05) is 13.2 Å². The van der Waals surface area contributed by atoms with Gasteiger partial charge in [0.15, 0.2) is 0 Å². The number of carbonyl (C=O) groups is 2.